The minimum Gasteiger partial charge on any atom is -0.504 e. The Morgan fingerprint density at radius 2 is 1.53 bits per heavy atom. The lowest BCUT2D eigenvalue weighted by Crippen LogP contribution is -2.32. The van der Waals surface area contributed by atoms with E-state index in [0.29, 0.717) is 18.8 Å². The molecule has 0 aliphatic rings. The predicted octanol–water partition coefficient (Wildman–Crippen LogP) is -0.516. The highest BCUT2D eigenvalue weighted by molar-refractivity contribution is 5.37. The smallest absolute Gasteiger partial charge is 0.160 e. The minimum absolute atomic E-state index is 0.181. The van der Waals surface area contributed by atoms with Crippen molar-refractivity contribution in [1.29, 1.82) is 0 Å². The van der Waals surface area contributed by atoms with Crippen molar-refractivity contribution >= 4 is 0 Å². The van der Waals surface area contributed by atoms with E-state index in [0.717, 1.165) is 26.2 Å². The van der Waals surface area contributed by atoms with Gasteiger partial charge in [-0.2, -0.15) is 0 Å². The van der Waals surface area contributed by atoms with E-state index in [1.54, 1.807) is 24.3 Å². The molecule has 0 aromatic heterocycles. The van der Waals surface area contributed by atoms with Crippen molar-refractivity contribution in [3.63, 3.8) is 0 Å². The standard InChI is InChI=1S/C7H8O2.C6H18N4/c1-9-7-5-3-2-4-6(7)8;7-1-3-9-5-6-10-4-2-8/h2-5,8H,1H3;9-10H,1-8H2. The number of nitrogens with one attached hydrogen (secondary N) is 2. The summed E-state index contributed by atoms with van der Waals surface area (Å²) in [6.07, 6.45) is 0. The molecule has 0 bridgehead atoms. The van der Waals surface area contributed by atoms with E-state index in [-0.39, 0.29) is 5.75 Å². The maximum atomic E-state index is 8.99. The maximum absolute atomic E-state index is 8.99. The van der Waals surface area contributed by atoms with Gasteiger partial charge in [0.2, 0.25) is 0 Å². The van der Waals surface area contributed by atoms with Crippen LogP contribution in [0.2, 0.25) is 0 Å². The first-order valence-electron chi connectivity index (χ1n) is 6.39. The molecule has 110 valence electrons. The van der Waals surface area contributed by atoms with Crippen LogP contribution in [0.25, 0.3) is 0 Å². The molecule has 19 heavy (non-hydrogen) atoms. The first-order chi connectivity index (χ1) is 9.26. The predicted molar refractivity (Wildman–Crippen MR) is 78.5 cm³/mol. The molecule has 1 rings (SSSR count). The summed E-state index contributed by atoms with van der Waals surface area (Å²) in [7, 11) is 1.52. The van der Waals surface area contributed by atoms with Crippen LogP contribution in [0.1, 0.15) is 0 Å². The Morgan fingerprint density at radius 1 is 1.00 bits per heavy atom. The van der Waals surface area contributed by atoms with Crippen LogP contribution < -0.4 is 26.8 Å². The molecule has 0 unspecified atom stereocenters. The normalized spacial score (nSPS) is 9.63. The molecule has 0 aliphatic heterocycles. The van der Waals surface area contributed by atoms with Gasteiger partial charge in [-0.1, -0.05) is 12.1 Å². The first-order valence-corrected chi connectivity index (χ1v) is 6.39. The zero-order valence-electron chi connectivity index (χ0n) is 11.6. The zero-order valence-corrected chi connectivity index (χ0v) is 11.6. The maximum Gasteiger partial charge on any atom is 0.160 e. The number of methoxy groups -OCH3 is 1. The highest BCUT2D eigenvalue weighted by Crippen LogP contribution is 2.22. The Morgan fingerprint density at radius 3 is 1.89 bits per heavy atom. The SMILES string of the molecule is COc1ccccc1O.NCCNCCNCCN. The number of phenolic OH excluding ortho intramolecular Hbond substituents is 1. The van der Waals surface area contributed by atoms with Gasteiger partial charge in [0.1, 0.15) is 0 Å². The number of ether oxygens (including phenoxy) is 1. The molecule has 7 N–H and O–H groups in total. The van der Waals surface area contributed by atoms with Gasteiger partial charge in [-0.3, -0.25) is 0 Å². The van der Waals surface area contributed by atoms with Gasteiger partial charge in [-0.15, -0.1) is 0 Å². The molecule has 6 nitrogen and oxygen atoms in total. The van der Waals surface area contributed by atoms with E-state index in [2.05, 4.69) is 10.6 Å². The van der Waals surface area contributed by atoms with Crippen molar-refractivity contribution in [1.82, 2.24) is 10.6 Å². The van der Waals surface area contributed by atoms with Gasteiger partial charge in [0.15, 0.2) is 11.5 Å². The van der Waals surface area contributed by atoms with E-state index in [9.17, 15) is 0 Å². The summed E-state index contributed by atoms with van der Waals surface area (Å²) in [6, 6.07) is 6.84. The Kier molecular flexibility index (Phi) is 12.2. The molecule has 0 saturated heterocycles. The largest absolute Gasteiger partial charge is 0.504 e. The molecule has 0 aliphatic carbocycles. The second-order valence-corrected chi connectivity index (χ2v) is 3.75. The van der Waals surface area contributed by atoms with Crippen molar-refractivity contribution in [3.8, 4) is 11.5 Å². The number of phenols is 1. The van der Waals surface area contributed by atoms with Crippen LogP contribution in [-0.2, 0) is 0 Å². The van der Waals surface area contributed by atoms with Crippen LogP contribution in [-0.4, -0.2) is 51.5 Å². The molecule has 0 amide bonds. The Hall–Kier alpha value is -1.34. The summed E-state index contributed by atoms with van der Waals surface area (Å²) < 4.78 is 4.79. The van der Waals surface area contributed by atoms with Crippen molar-refractivity contribution < 1.29 is 9.84 Å². The average Bonchev–Trinajstić information content (AvgIpc) is 2.44. The van der Waals surface area contributed by atoms with E-state index < -0.39 is 0 Å². The van der Waals surface area contributed by atoms with Crippen LogP contribution in [0.15, 0.2) is 24.3 Å². The van der Waals surface area contributed by atoms with E-state index in [1.165, 1.54) is 7.11 Å². The lowest BCUT2D eigenvalue weighted by Gasteiger charge is -2.03. The van der Waals surface area contributed by atoms with Gasteiger partial charge in [-0.25, -0.2) is 0 Å². The molecule has 0 fully saturated rings. The minimum atomic E-state index is 0.181. The Balaban J connectivity index is 0.000000342. The molecule has 0 saturated carbocycles. The molecule has 0 atom stereocenters. The van der Waals surface area contributed by atoms with Crippen molar-refractivity contribution in [2.75, 3.05) is 46.4 Å². The number of nitrogens with two attached hydrogens (primary N) is 2. The van der Waals surface area contributed by atoms with Gasteiger partial charge in [-0.05, 0) is 12.1 Å². The number of hydrogen-bond acceptors (Lipinski definition) is 6. The van der Waals surface area contributed by atoms with E-state index >= 15 is 0 Å². The molecular formula is C13H26N4O2. The highest BCUT2D eigenvalue weighted by atomic mass is 16.5. The van der Waals surface area contributed by atoms with Crippen LogP contribution in [0.5, 0.6) is 11.5 Å². The summed E-state index contributed by atoms with van der Waals surface area (Å²) in [4.78, 5) is 0. The second kappa shape index (κ2) is 13.1. The fourth-order valence-corrected chi connectivity index (χ4v) is 1.26. The summed E-state index contributed by atoms with van der Waals surface area (Å²) in [5.74, 6) is 0.692. The summed E-state index contributed by atoms with van der Waals surface area (Å²) >= 11 is 0. The fraction of sp³-hybridized carbons (Fsp3) is 0.538. The van der Waals surface area contributed by atoms with Crippen molar-refractivity contribution in [2.45, 2.75) is 0 Å². The Labute approximate surface area is 115 Å². The molecular weight excluding hydrogens is 244 g/mol. The molecule has 1 aromatic rings. The molecule has 1 aromatic carbocycles. The average molecular weight is 270 g/mol. The number of rotatable bonds is 8. The topological polar surface area (TPSA) is 106 Å². The quantitative estimate of drug-likeness (QED) is 0.407. The van der Waals surface area contributed by atoms with Gasteiger partial charge in [0, 0.05) is 39.3 Å². The van der Waals surface area contributed by atoms with Crippen molar-refractivity contribution in [2.24, 2.45) is 11.5 Å². The van der Waals surface area contributed by atoms with Crippen LogP contribution in [0.4, 0.5) is 0 Å². The number of benzene rings is 1. The van der Waals surface area contributed by atoms with Crippen LogP contribution in [0.3, 0.4) is 0 Å². The first kappa shape index (κ1) is 17.7. The van der Waals surface area contributed by atoms with E-state index in [1.807, 2.05) is 0 Å². The van der Waals surface area contributed by atoms with Gasteiger partial charge >= 0.3 is 0 Å². The molecule has 0 spiro atoms. The van der Waals surface area contributed by atoms with Crippen LogP contribution in [0, 0.1) is 0 Å². The monoisotopic (exact) mass is 270 g/mol. The molecule has 0 radical (unpaired) electrons. The van der Waals surface area contributed by atoms with Gasteiger partial charge in [0.05, 0.1) is 7.11 Å². The third-order valence-corrected chi connectivity index (χ3v) is 2.21. The highest BCUT2D eigenvalue weighted by Gasteiger charge is 1.94. The third kappa shape index (κ3) is 10.3. The molecule has 6 heteroatoms. The summed E-state index contributed by atoms with van der Waals surface area (Å²) in [6.45, 7) is 5.14. The number of para-hydroxylation sites is 2. The van der Waals surface area contributed by atoms with Crippen LogP contribution >= 0.6 is 0 Å². The Bertz CT molecular complexity index is 302. The summed E-state index contributed by atoms with van der Waals surface area (Å²) in [5.41, 5.74) is 10.5. The summed E-state index contributed by atoms with van der Waals surface area (Å²) in [5, 5.41) is 15.3. The zero-order chi connectivity index (χ0) is 14.3. The third-order valence-electron chi connectivity index (χ3n) is 2.21. The number of aromatic hydroxyl groups is 1. The lowest BCUT2D eigenvalue weighted by atomic mass is 10.3. The van der Waals surface area contributed by atoms with E-state index in [4.69, 9.17) is 21.3 Å². The fourth-order valence-electron chi connectivity index (χ4n) is 1.26. The second-order valence-electron chi connectivity index (χ2n) is 3.75. The lowest BCUT2D eigenvalue weighted by molar-refractivity contribution is 0.373. The molecule has 0 heterocycles. The van der Waals surface area contributed by atoms with Gasteiger partial charge in [0.25, 0.3) is 0 Å². The van der Waals surface area contributed by atoms with Gasteiger partial charge < -0.3 is 31.9 Å². The number of hydrogen-bond donors (Lipinski definition) is 5. The van der Waals surface area contributed by atoms with Crippen molar-refractivity contribution in [3.05, 3.63) is 24.3 Å².